The second kappa shape index (κ2) is 19.0. The molecule has 15 atom stereocenters. The summed E-state index contributed by atoms with van der Waals surface area (Å²) in [6.45, 7) is 5.78. The van der Waals surface area contributed by atoms with Gasteiger partial charge in [0, 0.05) is 23.9 Å². The molecule has 16 heteroatoms. The van der Waals surface area contributed by atoms with E-state index < -0.39 is 91.7 Å². The van der Waals surface area contributed by atoms with Crippen molar-refractivity contribution in [3.05, 3.63) is 0 Å². The molecule has 0 aromatic heterocycles. The lowest BCUT2D eigenvalue weighted by molar-refractivity contribution is -0.292. The fourth-order valence-electron chi connectivity index (χ4n) is 4.12. The number of unbranched alkanes of at least 4 members (excludes halogenated alkanes) is 1. The van der Waals surface area contributed by atoms with E-state index in [0.717, 1.165) is 12.8 Å². The number of thiol groups is 3. The average Bonchev–Trinajstić information content (AvgIpc) is 2.95. The lowest BCUT2D eigenvalue weighted by atomic mass is 9.96. The first-order chi connectivity index (χ1) is 18.8. The maximum absolute atomic E-state index is 9.64. The molecule has 3 rings (SSSR count). The number of aliphatic hydroxyl groups is 9. The Morgan fingerprint density at radius 1 is 0.525 bits per heavy atom. The van der Waals surface area contributed by atoms with Crippen LogP contribution in [0.4, 0.5) is 0 Å². The van der Waals surface area contributed by atoms with E-state index in [4.69, 9.17) is 18.9 Å². The molecule has 0 aromatic carbocycles. The van der Waals surface area contributed by atoms with Crippen molar-refractivity contribution in [2.24, 2.45) is 0 Å². The maximum atomic E-state index is 9.64. The molecule has 0 radical (unpaired) electrons. The van der Waals surface area contributed by atoms with E-state index in [-0.39, 0.29) is 5.75 Å². The molecular formula is C24H48O13S3. The van der Waals surface area contributed by atoms with E-state index in [1.54, 1.807) is 13.8 Å². The van der Waals surface area contributed by atoms with Crippen LogP contribution in [0.3, 0.4) is 0 Å². The smallest absolute Gasteiger partial charge is 0.186 e. The molecule has 3 saturated heterocycles. The third-order valence-corrected chi connectivity index (χ3v) is 7.97. The van der Waals surface area contributed by atoms with Gasteiger partial charge in [0.15, 0.2) is 6.29 Å². The molecule has 3 fully saturated rings. The third kappa shape index (κ3) is 10.6. The maximum Gasteiger partial charge on any atom is 0.186 e. The van der Waals surface area contributed by atoms with Gasteiger partial charge >= 0.3 is 0 Å². The zero-order chi connectivity index (χ0) is 30.7. The van der Waals surface area contributed by atoms with Crippen molar-refractivity contribution in [3.8, 4) is 0 Å². The summed E-state index contributed by atoms with van der Waals surface area (Å²) < 4.78 is 21.0. The van der Waals surface area contributed by atoms with E-state index in [2.05, 4.69) is 37.9 Å². The second-order valence-electron chi connectivity index (χ2n) is 9.99. The Labute approximate surface area is 251 Å². The van der Waals surface area contributed by atoms with Crippen LogP contribution in [0.15, 0.2) is 0 Å². The van der Waals surface area contributed by atoms with Crippen molar-refractivity contribution in [1.82, 2.24) is 0 Å². The highest BCUT2D eigenvalue weighted by molar-refractivity contribution is 7.80. The first kappa shape index (κ1) is 38.6. The highest BCUT2D eigenvalue weighted by Crippen LogP contribution is 2.24. The zero-order valence-corrected chi connectivity index (χ0v) is 25.6. The quantitative estimate of drug-likeness (QED) is 0.0995. The molecule has 0 aromatic rings. The SMILES string of the molecule is CCCCO[C@@H]1OC(CS)[C@H](O)[C@H](O)C1O.C[C@@H]1OC(CS)[C@@H](O)[C@H](O)C1O.C[C@@H]1OC(CS)[C@H](O)[C@H](O)C1O. The number of hydrogen-bond donors (Lipinski definition) is 12. The van der Waals surface area contributed by atoms with Gasteiger partial charge in [0.05, 0.1) is 30.5 Å². The van der Waals surface area contributed by atoms with Gasteiger partial charge in [0.2, 0.25) is 0 Å². The predicted molar refractivity (Wildman–Crippen MR) is 154 cm³/mol. The normalized spacial score (nSPS) is 45.5. The van der Waals surface area contributed by atoms with E-state index in [0.29, 0.717) is 18.1 Å². The fourth-order valence-corrected chi connectivity index (χ4v) is 5.03. The molecule has 0 saturated carbocycles. The first-order valence-electron chi connectivity index (χ1n) is 13.3. The highest BCUT2D eigenvalue weighted by atomic mass is 32.1. The van der Waals surface area contributed by atoms with Crippen LogP contribution in [0.2, 0.25) is 0 Å². The summed E-state index contributed by atoms with van der Waals surface area (Å²) in [5, 5.41) is 84.6. The number of ether oxygens (including phenoxy) is 4. The van der Waals surface area contributed by atoms with Crippen molar-refractivity contribution >= 4 is 37.9 Å². The van der Waals surface area contributed by atoms with Gasteiger partial charge in [-0.2, -0.15) is 37.9 Å². The van der Waals surface area contributed by atoms with E-state index in [9.17, 15) is 46.0 Å². The van der Waals surface area contributed by atoms with Crippen LogP contribution < -0.4 is 0 Å². The lowest BCUT2D eigenvalue weighted by Gasteiger charge is -2.39. The van der Waals surface area contributed by atoms with Crippen molar-refractivity contribution in [1.29, 1.82) is 0 Å². The molecule has 13 nitrogen and oxygen atoms in total. The van der Waals surface area contributed by atoms with Crippen LogP contribution in [0.25, 0.3) is 0 Å². The van der Waals surface area contributed by atoms with E-state index in [1.165, 1.54) is 0 Å². The largest absolute Gasteiger partial charge is 0.388 e. The molecule has 0 spiro atoms. The van der Waals surface area contributed by atoms with Gasteiger partial charge in [-0.3, -0.25) is 0 Å². The molecule has 240 valence electrons. The minimum Gasteiger partial charge on any atom is -0.388 e. The molecule has 0 bridgehead atoms. The predicted octanol–water partition coefficient (Wildman–Crippen LogP) is -2.89. The summed E-state index contributed by atoms with van der Waals surface area (Å²) in [5.74, 6) is 0.920. The van der Waals surface area contributed by atoms with Crippen molar-refractivity contribution in [3.63, 3.8) is 0 Å². The molecular weight excluding hydrogens is 592 g/mol. The standard InChI is InChI=1S/C10H20O5S.2C7H14O4S/c1-2-3-4-14-10-9(13)8(12)7(11)6(5-16)15-10;2*1-3-5(8)7(10)6(9)4(2-12)11-3/h6-13,16H,2-5H2,1H3;2*3-10,12H,2H2,1H3/t6?,7-,8-,9?,10+;3-,4?,5?,6+,7+;3-,4?,5?,6-,7+/m000/s1. The summed E-state index contributed by atoms with van der Waals surface area (Å²) in [6.07, 6.45) is -11.6. The van der Waals surface area contributed by atoms with Crippen LogP contribution in [0.5, 0.6) is 0 Å². The average molecular weight is 641 g/mol. The molecule has 3 aliphatic heterocycles. The Kier molecular flexibility index (Phi) is 18.3. The molecule has 3 heterocycles. The molecule has 0 aliphatic carbocycles. The Morgan fingerprint density at radius 2 is 0.875 bits per heavy atom. The zero-order valence-electron chi connectivity index (χ0n) is 22.9. The first-order valence-corrected chi connectivity index (χ1v) is 15.2. The molecule has 3 aliphatic rings. The Morgan fingerprint density at radius 3 is 1.23 bits per heavy atom. The second-order valence-corrected chi connectivity index (χ2v) is 11.1. The van der Waals surface area contributed by atoms with Crippen molar-refractivity contribution < 1.29 is 64.9 Å². The molecule has 40 heavy (non-hydrogen) atoms. The number of aliphatic hydroxyl groups excluding tert-OH is 9. The van der Waals surface area contributed by atoms with E-state index >= 15 is 0 Å². The van der Waals surface area contributed by atoms with Crippen molar-refractivity contribution in [2.75, 3.05) is 23.9 Å². The van der Waals surface area contributed by atoms with Gasteiger partial charge in [0.1, 0.15) is 54.9 Å². The van der Waals surface area contributed by atoms with Crippen molar-refractivity contribution in [2.45, 2.75) is 125 Å². The Bertz CT molecular complexity index is 640. The van der Waals surface area contributed by atoms with E-state index in [1.807, 2.05) is 6.92 Å². The minimum atomic E-state index is -1.25. The monoisotopic (exact) mass is 640 g/mol. The minimum absolute atomic E-state index is 0.262. The van der Waals surface area contributed by atoms with Crippen LogP contribution in [-0.4, -0.2) is 162 Å². The summed E-state index contributed by atoms with van der Waals surface area (Å²) in [7, 11) is 0. The van der Waals surface area contributed by atoms with Gasteiger partial charge < -0.3 is 64.9 Å². The molecule has 6 unspecified atom stereocenters. The number of rotatable bonds is 7. The topological polar surface area (TPSA) is 219 Å². The third-order valence-electron chi connectivity index (χ3n) is 6.89. The summed E-state index contributed by atoms with van der Waals surface area (Å²) in [6, 6.07) is 0. The van der Waals surface area contributed by atoms with Crippen LogP contribution >= 0.6 is 37.9 Å². The van der Waals surface area contributed by atoms with Crippen LogP contribution in [0, 0.1) is 0 Å². The molecule has 0 amide bonds. The van der Waals surface area contributed by atoms with Gasteiger partial charge in [-0.15, -0.1) is 0 Å². The molecule has 9 N–H and O–H groups in total. The Balaban J connectivity index is 0.000000305. The van der Waals surface area contributed by atoms with Gasteiger partial charge in [-0.25, -0.2) is 0 Å². The summed E-state index contributed by atoms with van der Waals surface area (Å²) in [4.78, 5) is 0. The van der Waals surface area contributed by atoms with Gasteiger partial charge in [-0.1, -0.05) is 13.3 Å². The van der Waals surface area contributed by atoms with Crippen LogP contribution in [-0.2, 0) is 18.9 Å². The highest BCUT2D eigenvalue weighted by Gasteiger charge is 2.44. The Hall–Kier alpha value is 0.530. The van der Waals surface area contributed by atoms with Gasteiger partial charge in [0.25, 0.3) is 0 Å². The number of hydrogen-bond acceptors (Lipinski definition) is 16. The summed E-state index contributed by atoms with van der Waals surface area (Å²) >= 11 is 11.9. The fraction of sp³-hybridized carbons (Fsp3) is 1.00. The van der Waals surface area contributed by atoms with Gasteiger partial charge in [-0.05, 0) is 20.3 Å². The van der Waals surface area contributed by atoms with Crippen LogP contribution in [0.1, 0.15) is 33.6 Å². The summed E-state index contributed by atoms with van der Waals surface area (Å²) in [5.41, 5.74) is 0. The lowest BCUT2D eigenvalue weighted by Crippen LogP contribution is -2.58.